The van der Waals surface area contributed by atoms with Crippen LogP contribution in [0.5, 0.6) is 0 Å². The fraction of sp³-hybridized carbons (Fsp3) is 0.455. The molecule has 0 radical (unpaired) electrons. The molecular weight excluding hydrogens is 279 g/mol. The Bertz CT molecular complexity index is 470. The van der Waals surface area contributed by atoms with E-state index in [0.29, 0.717) is 13.0 Å². The van der Waals surface area contributed by atoms with Crippen molar-refractivity contribution in [2.24, 2.45) is 0 Å². The van der Waals surface area contributed by atoms with E-state index >= 15 is 0 Å². The first-order valence-electron chi connectivity index (χ1n) is 5.33. The summed E-state index contributed by atoms with van der Waals surface area (Å²) in [4.78, 5) is 15.2. The van der Waals surface area contributed by atoms with Crippen molar-refractivity contribution in [2.75, 3.05) is 12.8 Å². The smallest absolute Gasteiger partial charge is 0.254 e. The van der Waals surface area contributed by atoms with Crippen LogP contribution in [0.15, 0.2) is 12.3 Å². The Labute approximate surface area is 112 Å². The summed E-state index contributed by atoms with van der Waals surface area (Å²) in [5, 5.41) is 2.54. The van der Waals surface area contributed by atoms with Crippen LogP contribution in [0.25, 0.3) is 0 Å². The summed E-state index contributed by atoms with van der Waals surface area (Å²) < 4.78 is 24.0. The Morgan fingerprint density at radius 2 is 2.33 bits per heavy atom. The van der Waals surface area contributed by atoms with Crippen LogP contribution >= 0.6 is 11.6 Å². The SMILES string of the molecule is CC(CCNC(=O)c1cc(F)cnc1Cl)S(C)=O. The van der Waals surface area contributed by atoms with E-state index in [4.69, 9.17) is 11.6 Å². The summed E-state index contributed by atoms with van der Waals surface area (Å²) in [7, 11) is -0.927. The van der Waals surface area contributed by atoms with Gasteiger partial charge in [0.15, 0.2) is 0 Å². The van der Waals surface area contributed by atoms with E-state index in [1.165, 1.54) is 0 Å². The average molecular weight is 293 g/mol. The van der Waals surface area contributed by atoms with E-state index in [-0.39, 0.29) is 16.0 Å². The maximum Gasteiger partial charge on any atom is 0.254 e. The molecule has 1 amide bonds. The lowest BCUT2D eigenvalue weighted by molar-refractivity contribution is 0.0952. The predicted molar refractivity (Wildman–Crippen MR) is 69.7 cm³/mol. The first kappa shape index (κ1) is 15.0. The molecule has 4 nitrogen and oxygen atoms in total. The zero-order valence-corrected chi connectivity index (χ0v) is 11.6. The fourth-order valence-corrected chi connectivity index (χ4v) is 1.87. The number of hydrogen-bond acceptors (Lipinski definition) is 3. The van der Waals surface area contributed by atoms with E-state index in [2.05, 4.69) is 10.3 Å². The highest BCUT2D eigenvalue weighted by molar-refractivity contribution is 7.84. The van der Waals surface area contributed by atoms with Crippen LogP contribution in [-0.2, 0) is 10.8 Å². The molecule has 2 atom stereocenters. The standard InChI is InChI=1S/C11H14ClFN2O2S/c1-7(18(2)17)3-4-14-11(16)9-5-8(13)6-15-10(9)12/h5-7H,3-4H2,1-2H3,(H,14,16). The summed E-state index contributed by atoms with van der Waals surface area (Å²) in [5.41, 5.74) is 0.00180. The van der Waals surface area contributed by atoms with Crippen molar-refractivity contribution in [3.8, 4) is 0 Å². The summed E-state index contributed by atoms with van der Waals surface area (Å²) in [6.45, 7) is 2.19. The van der Waals surface area contributed by atoms with Gasteiger partial charge in [0.05, 0.1) is 11.8 Å². The van der Waals surface area contributed by atoms with E-state index in [1.54, 1.807) is 6.26 Å². The zero-order valence-electron chi connectivity index (χ0n) is 10.1. The van der Waals surface area contributed by atoms with Crippen LogP contribution in [0.3, 0.4) is 0 Å². The predicted octanol–water partition coefficient (Wildman–Crippen LogP) is 1.76. The maximum absolute atomic E-state index is 12.9. The largest absolute Gasteiger partial charge is 0.352 e. The van der Waals surface area contributed by atoms with Gasteiger partial charge in [0, 0.05) is 28.9 Å². The van der Waals surface area contributed by atoms with Gasteiger partial charge in [0.1, 0.15) is 11.0 Å². The Morgan fingerprint density at radius 3 is 2.94 bits per heavy atom. The molecule has 0 saturated carbocycles. The van der Waals surface area contributed by atoms with Crippen molar-refractivity contribution in [3.63, 3.8) is 0 Å². The lowest BCUT2D eigenvalue weighted by Crippen LogP contribution is -2.28. The van der Waals surface area contributed by atoms with Gasteiger partial charge in [0.25, 0.3) is 5.91 Å². The van der Waals surface area contributed by atoms with Crippen LogP contribution in [-0.4, -0.2) is 33.2 Å². The quantitative estimate of drug-likeness (QED) is 0.841. The number of rotatable bonds is 5. The van der Waals surface area contributed by atoms with Gasteiger partial charge in [0.2, 0.25) is 0 Å². The fourth-order valence-electron chi connectivity index (χ4n) is 1.23. The van der Waals surface area contributed by atoms with Crippen LogP contribution in [0.4, 0.5) is 4.39 Å². The molecule has 0 aliphatic rings. The summed E-state index contributed by atoms with van der Waals surface area (Å²) >= 11 is 5.70. The van der Waals surface area contributed by atoms with Gasteiger partial charge >= 0.3 is 0 Å². The molecule has 0 fully saturated rings. The second kappa shape index (κ2) is 6.80. The highest BCUT2D eigenvalue weighted by atomic mass is 35.5. The van der Waals surface area contributed by atoms with Crippen molar-refractivity contribution >= 4 is 28.3 Å². The molecular formula is C11H14ClFN2O2S. The van der Waals surface area contributed by atoms with Gasteiger partial charge in [-0.05, 0) is 12.5 Å². The lowest BCUT2D eigenvalue weighted by atomic mass is 10.2. The molecule has 0 aliphatic heterocycles. The van der Waals surface area contributed by atoms with E-state index in [1.807, 2.05) is 6.92 Å². The van der Waals surface area contributed by atoms with Gasteiger partial charge < -0.3 is 5.32 Å². The molecule has 100 valence electrons. The zero-order chi connectivity index (χ0) is 13.7. The number of carbonyl (C=O) groups excluding carboxylic acids is 1. The Balaban J connectivity index is 2.55. The molecule has 0 bridgehead atoms. The van der Waals surface area contributed by atoms with Crippen molar-refractivity contribution in [1.29, 1.82) is 0 Å². The number of nitrogens with one attached hydrogen (secondary N) is 1. The normalized spacial score (nSPS) is 14.0. The third-order valence-corrected chi connectivity index (χ3v) is 4.12. The van der Waals surface area contributed by atoms with Gasteiger partial charge in [-0.3, -0.25) is 9.00 Å². The highest BCUT2D eigenvalue weighted by Gasteiger charge is 2.13. The molecule has 7 heteroatoms. The number of nitrogens with zero attached hydrogens (tertiary/aromatic N) is 1. The molecule has 0 saturated heterocycles. The Kier molecular flexibility index (Phi) is 5.68. The second-order valence-electron chi connectivity index (χ2n) is 3.85. The van der Waals surface area contributed by atoms with Crippen molar-refractivity contribution in [2.45, 2.75) is 18.6 Å². The van der Waals surface area contributed by atoms with Crippen molar-refractivity contribution < 1.29 is 13.4 Å². The van der Waals surface area contributed by atoms with E-state index < -0.39 is 22.5 Å². The number of carbonyl (C=O) groups is 1. The molecule has 1 rings (SSSR count). The summed E-state index contributed by atoms with van der Waals surface area (Å²) in [5.74, 6) is -1.10. The molecule has 1 heterocycles. The molecule has 0 aliphatic carbocycles. The minimum absolute atomic E-state index is 0.00180. The Morgan fingerprint density at radius 1 is 1.67 bits per heavy atom. The average Bonchev–Trinajstić information content (AvgIpc) is 2.31. The van der Waals surface area contributed by atoms with E-state index in [9.17, 15) is 13.4 Å². The van der Waals surface area contributed by atoms with Crippen molar-refractivity contribution in [1.82, 2.24) is 10.3 Å². The molecule has 1 N–H and O–H groups in total. The lowest BCUT2D eigenvalue weighted by Gasteiger charge is -2.09. The molecule has 1 aromatic heterocycles. The van der Waals surface area contributed by atoms with Gasteiger partial charge in [-0.25, -0.2) is 9.37 Å². The van der Waals surface area contributed by atoms with Gasteiger partial charge in [-0.15, -0.1) is 0 Å². The molecule has 1 aromatic rings. The van der Waals surface area contributed by atoms with E-state index in [0.717, 1.165) is 12.3 Å². The third-order valence-electron chi connectivity index (χ3n) is 2.45. The summed E-state index contributed by atoms with van der Waals surface area (Å²) in [6, 6.07) is 1.03. The van der Waals surface area contributed by atoms with Crippen LogP contribution in [0.1, 0.15) is 23.7 Å². The number of halogens is 2. The maximum atomic E-state index is 12.9. The van der Waals surface area contributed by atoms with Gasteiger partial charge in [-0.1, -0.05) is 18.5 Å². The molecule has 0 aromatic carbocycles. The molecule has 0 spiro atoms. The topological polar surface area (TPSA) is 59.1 Å². The first-order valence-corrected chi connectivity index (χ1v) is 7.33. The van der Waals surface area contributed by atoms with Crippen LogP contribution in [0, 0.1) is 5.82 Å². The minimum Gasteiger partial charge on any atom is -0.352 e. The third kappa shape index (κ3) is 4.34. The van der Waals surface area contributed by atoms with Crippen LogP contribution < -0.4 is 5.32 Å². The Hall–Kier alpha value is -1.01. The number of amides is 1. The monoisotopic (exact) mass is 292 g/mol. The first-order chi connectivity index (χ1) is 8.41. The summed E-state index contributed by atoms with van der Waals surface area (Å²) in [6.07, 6.45) is 3.14. The number of hydrogen-bond donors (Lipinski definition) is 1. The highest BCUT2D eigenvalue weighted by Crippen LogP contribution is 2.13. The van der Waals surface area contributed by atoms with Crippen molar-refractivity contribution in [3.05, 3.63) is 28.8 Å². The van der Waals surface area contributed by atoms with Gasteiger partial charge in [-0.2, -0.15) is 0 Å². The molecule has 2 unspecified atom stereocenters. The number of aromatic nitrogens is 1. The number of pyridine rings is 1. The molecule has 18 heavy (non-hydrogen) atoms. The van der Waals surface area contributed by atoms with Crippen LogP contribution in [0.2, 0.25) is 5.15 Å². The second-order valence-corrected chi connectivity index (χ2v) is 6.01. The minimum atomic E-state index is -0.927.